The zero-order valence-corrected chi connectivity index (χ0v) is 22.0. The fourth-order valence-electron chi connectivity index (χ4n) is 5.37. The maximum Gasteiger partial charge on any atom is 0.142 e. The van der Waals surface area contributed by atoms with Crippen LogP contribution in [0.2, 0.25) is 0 Å². The lowest BCUT2D eigenvalue weighted by atomic mass is 9.85. The topological polar surface area (TPSA) is 118 Å². The summed E-state index contributed by atoms with van der Waals surface area (Å²) in [7, 11) is 3.05. The van der Waals surface area contributed by atoms with Crippen LogP contribution in [-0.2, 0) is 12.8 Å². The Hall–Kier alpha value is -4.98. The molecule has 2 heterocycles. The number of fused-ring (bicyclic) bond motifs is 2. The largest absolute Gasteiger partial charge is 0.508 e. The molecular weight excluding hydrogens is 512 g/mol. The van der Waals surface area contributed by atoms with Gasteiger partial charge in [0.05, 0.1) is 26.4 Å². The van der Waals surface area contributed by atoms with E-state index in [0.29, 0.717) is 64.9 Å². The average Bonchev–Trinajstić information content (AvgIpc) is 2.96. The first kappa shape index (κ1) is 25.3. The van der Waals surface area contributed by atoms with Crippen LogP contribution in [0.25, 0.3) is 11.3 Å². The summed E-state index contributed by atoms with van der Waals surface area (Å²) in [5.41, 5.74) is 4.32. The Bertz CT molecular complexity index is 1660. The van der Waals surface area contributed by atoms with Gasteiger partial charge in [-0.25, -0.2) is 0 Å². The quantitative estimate of drug-likeness (QED) is 0.253. The third-order valence-corrected chi connectivity index (χ3v) is 7.42. The normalized spacial score (nSPS) is 15.9. The van der Waals surface area contributed by atoms with Crippen LogP contribution < -0.4 is 18.9 Å². The maximum atomic E-state index is 11.1. The van der Waals surface area contributed by atoms with Crippen LogP contribution in [-0.4, -0.2) is 41.3 Å². The number of aromatic hydroxyl groups is 4. The smallest absolute Gasteiger partial charge is 0.142 e. The summed E-state index contributed by atoms with van der Waals surface area (Å²) in [6.45, 7) is 0.319. The third kappa shape index (κ3) is 4.47. The molecule has 0 aromatic heterocycles. The van der Waals surface area contributed by atoms with E-state index in [1.54, 1.807) is 48.5 Å². The first-order chi connectivity index (χ1) is 19.3. The highest BCUT2D eigenvalue weighted by molar-refractivity contribution is 5.94. The summed E-state index contributed by atoms with van der Waals surface area (Å²) in [4.78, 5) is 0. The number of hydrogen-bond acceptors (Lipinski definition) is 8. The fourth-order valence-corrected chi connectivity index (χ4v) is 5.37. The van der Waals surface area contributed by atoms with Gasteiger partial charge in [-0.2, -0.15) is 0 Å². The van der Waals surface area contributed by atoms with E-state index in [2.05, 4.69) is 0 Å². The third-order valence-electron chi connectivity index (χ3n) is 7.42. The van der Waals surface area contributed by atoms with Crippen LogP contribution >= 0.6 is 0 Å². The summed E-state index contributed by atoms with van der Waals surface area (Å²) in [5, 5.41) is 41.9. The Kier molecular flexibility index (Phi) is 6.30. The Balaban J connectivity index is 1.50. The van der Waals surface area contributed by atoms with Crippen LogP contribution in [0.15, 0.2) is 66.7 Å². The number of methoxy groups -OCH3 is 2. The molecule has 0 unspecified atom stereocenters. The van der Waals surface area contributed by atoms with E-state index in [-0.39, 0.29) is 28.9 Å². The van der Waals surface area contributed by atoms with E-state index in [9.17, 15) is 20.4 Å². The van der Waals surface area contributed by atoms with Crippen LogP contribution in [0.4, 0.5) is 0 Å². The molecule has 0 aliphatic carbocycles. The van der Waals surface area contributed by atoms with Crippen LogP contribution in [0.3, 0.4) is 0 Å². The number of allylic oxidation sites excluding steroid dienone is 1. The van der Waals surface area contributed by atoms with Gasteiger partial charge in [-0.1, -0.05) is 12.1 Å². The molecule has 4 aromatic rings. The molecule has 2 aliphatic heterocycles. The van der Waals surface area contributed by atoms with E-state index in [1.807, 2.05) is 12.1 Å². The molecule has 40 heavy (non-hydrogen) atoms. The first-order valence-corrected chi connectivity index (χ1v) is 12.8. The number of phenols is 4. The monoisotopic (exact) mass is 540 g/mol. The van der Waals surface area contributed by atoms with Crippen molar-refractivity contribution in [2.45, 2.75) is 18.8 Å². The van der Waals surface area contributed by atoms with E-state index in [1.165, 1.54) is 20.3 Å². The van der Waals surface area contributed by atoms with Gasteiger partial charge in [0.25, 0.3) is 0 Å². The average molecular weight is 541 g/mol. The fraction of sp³-hybridized carbons (Fsp3) is 0.188. The molecule has 8 nitrogen and oxygen atoms in total. The van der Waals surface area contributed by atoms with Gasteiger partial charge in [-0.05, 0) is 47.9 Å². The van der Waals surface area contributed by atoms with Gasteiger partial charge < -0.3 is 39.4 Å². The van der Waals surface area contributed by atoms with Crippen molar-refractivity contribution in [2.24, 2.45) is 0 Å². The van der Waals surface area contributed by atoms with Crippen LogP contribution in [0.5, 0.6) is 46.0 Å². The second-order valence-corrected chi connectivity index (χ2v) is 9.88. The molecule has 6 rings (SSSR count). The van der Waals surface area contributed by atoms with Gasteiger partial charge in [-0.15, -0.1) is 0 Å². The van der Waals surface area contributed by atoms with Crippen molar-refractivity contribution in [3.05, 3.63) is 94.5 Å². The zero-order valence-electron chi connectivity index (χ0n) is 22.0. The van der Waals surface area contributed by atoms with Crippen LogP contribution in [0.1, 0.15) is 33.7 Å². The minimum Gasteiger partial charge on any atom is -0.508 e. The van der Waals surface area contributed by atoms with E-state index < -0.39 is 0 Å². The molecule has 0 bridgehead atoms. The summed E-state index contributed by atoms with van der Waals surface area (Å²) in [6, 6.07) is 18.4. The number of phenolic OH excluding ortho intramolecular Hbond substituents is 4. The number of rotatable bonds is 5. The molecule has 4 N–H and O–H groups in total. The Morgan fingerprint density at radius 3 is 2.20 bits per heavy atom. The predicted octanol–water partition coefficient (Wildman–Crippen LogP) is 5.75. The summed E-state index contributed by atoms with van der Waals surface area (Å²) in [5.74, 6) is 2.53. The molecule has 0 saturated heterocycles. The molecule has 4 aromatic carbocycles. The summed E-state index contributed by atoms with van der Waals surface area (Å²) in [6.07, 6.45) is 1.03. The summed E-state index contributed by atoms with van der Waals surface area (Å²) < 4.78 is 23.3. The lowest BCUT2D eigenvalue weighted by Gasteiger charge is -2.29. The molecule has 8 heteroatoms. The first-order valence-electron chi connectivity index (χ1n) is 12.8. The van der Waals surface area contributed by atoms with Crippen molar-refractivity contribution in [1.82, 2.24) is 0 Å². The lowest BCUT2D eigenvalue weighted by molar-refractivity contribution is 0.258. The summed E-state index contributed by atoms with van der Waals surface area (Å²) >= 11 is 0. The van der Waals surface area contributed by atoms with Gasteiger partial charge in [0, 0.05) is 53.3 Å². The lowest BCUT2D eigenvalue weighted by Crippen LogP contribution is -2.19. The van der Waals surface area contributed by atoms with E-state index >= 15 is 0 Å². The van der Waals surface area contributed by atoms with Gasteiger partial charge in [0.15, 0.2) is 0 Å². The number of ether oxygens (including phenoxy) is 4. The van der Waals surface area contributed by atoms with Gasteiger partial charge >= 0.3 is 0 Å². The molecule has 0 spiro atoms. The number of hydrogen-bond donors (Lipinski definition) is 4. The second-order valence-electron chi connectivity index (χ2n) is 9.88. The predicted molar refractivity (Wildman–Crippen MR) is 149 cm³/mol. The molecule has 0 amide bonds. The van der Waals surface area contributed by atoms with Crippen molar-refractivity contribution in [1.29, 1.82) is 0 Å². The molecule has 204 valence electrons. The van der Waals surface area contributed by atoms with E-state index in [4.69, 9.17) is 18.9 Å². The Morgan fingerprint density at radius 1 is 0.725 bits per heavy atom. The van der Waals surface area contributed by atoms with E-state index in [0.717, 1.165) is 16.7 Å². The van der Waals surface area contributed by atoms with Gasteiger partial charge in [0.2, 0.25) is 0 Å². The Labute approximate surface area is 230 Å². The molecule has 0 radical (unpaired) electrons. The Morgan fingerprint density at radius 2 is 1.48 bits per heavy atom. The highest BCUT2D eigenvalue weighted by atomic mass is 16.5. The number of benzene rings is 4. The van der Waals surface area contributed by atoms with Crippen molar-refractivity contribution < 1.29 is 39.4 Å². The highest BCUT2D eigenvalue weighted by Gasteiger charge is 2.30. The second kappa shape index (κ2) is 9.96. The molecular formula is C32H28O8. The molecule has 1 atom stereocenters. The highest BCUT2D eigenvalue weighted by Crippen LogP contribution is 2.47. The van der Waals surface area contributed by atoms with Crippen LogP contribution in [0, 0.1) is 0 Å². The molecule has 2 aliphatic rings. The van der Waals surface area contributed by atoms with Crippen molar-refractivity contribution in [2.75, 3.05) is 20.8 Å². The molecule has 0 fully saturated rings. The maximum absolute atomic E-state index is 11.1. The minimum atomic E-state index is -0.158. The SMILES string of the molecule is COc1ccc(C2=C(c3cc([C@H]4COc5cc(O)ccc5C4)c(O)cc3OC)Cc3ccc(O)cc3O2)c(O)c1. The standard InChI is InChI=1S/C32H28O8/c1-37-22-7-8-23(27(35)13-22)32-26(10-18-4-6-21(34)12-30(18)40-32)25-14-24(28(36)15-31(25)38-2)19-9-17-3-5-20(33)11-29(17)39-16-19/h3-8,11-15,19,33-36H,9-10,16H2,1-2H3/t19-/m1/s1. The molecule has 0 saturated carbocycles. The van der Waals surface area contributed by atoms with Gasteiger partial charge in [-0.3, -0.25) is 0 Å². The minimum absolute atomic E-state index is 0.0334. The van der Waals surface area contributed by atoms with Gasteiger partial charge in [0.1, 0.15) is 51.8 Å². The zero-order chi connectivity index (χ0) is 28.0. The van der Waals surface area contributed by atoms with Crippen molar-refractivity contribution in [3.63, 3.8) is 0 Å². The van der Waals surface area contributed by atoms with Crippen molar-refractivity contribution in [3.8, 4) is 46.0 Å². The van der Waals surface area contributed by atoms with Crippen molar-refractivity contribution >= 4 is 11.3 Å².